The Morgan fingerprint density at radius 2 is 1.85 bits per heavy atom. The minimum Gasteiger partial charge on any atom is -0.310 e. The average Bonchev–Trinajstić information content (AvgIpc) is 3.41. The van der Waals surface area contributed by atoms with Gasteiger partial charge in [0, 0.05) is 23.5 Å². The molecule has 0 fully saturated rings. The summed E-state index contributed by atoms with van der Waals surface area (Å²) in [6, 6.07) is 12.8. The van der Waals surface area contributed by atoms with Crippen molar-refractivity contribution in [2.45, 2.75) is 50.7 Å². The van der Waals surface area contributed by atoms with Crippen molar-refractivity contribution in [3.8, 4) is 0 Å². The van der Waals surface area contributed by atoms with E-state index in [4.69, 9.17) is 0 Å². The molecular formula is C26H23F2N3OS. The van der Waals surface area contributed by atoms with E-state index in [0.717, 1.165) is 59.5 Å². The summed E-state index contributed by atoms with van der Waals surface area (Å²) in [7, 11) is 0. The number of thiophene rings is 1. The third-order valence-electron chi connectivity index (χ3n) is 7.00. The lowest BCUT2D eigenvalue weighted by molar-refractivity contribution is 0.459. The van der Waals surface area contributed by atoms with Crippen LogP contribution < -0.4 is 10.9 Å². The maximum atomic E-state index is 13.5. The first kappa shape index (κ1) is 20.7. The summed E-state index contributed by atoms with van der Waals surface area (Å²) < 4.78 is 28.5. The number of benzene rings is 2. The molecule has 0 saturated heterocycles. The minimum absolute atomic E-state index is 0.0727. The summed E-state index contributed by atoms with van der Waals surface area (Å²) in [4.78, 5) is 20.2. The molecule has 0 radical (unpaired) electrons. The summed E-state index contributed by atoms with van der Waals surface area (Å²) in [6.45, 7) is 0.482. The highest BCUT2D eigenvalue weighted by Crippen LogP contribution is 2.35. The molecule has 0 aliphatic heterocycles. The fourth-order valence-electron chi connectivity index (χ4n) is 5.26. The van der Waals surface area contributed by atoms with Crippen LogP contribution >= 0.6 is 11.3 Å². The molecule has 1 N–H and O–H groups in total. The highest BCUT2D eigenvalue weighted by molar-refractivity contribution is 7.18. The van der Waals surface area contributed by atoms with Crippen molar-refractivity contribution in [2.75, 3.05) is 0 Å². The van der Waals surface area contributed by atoms with E-state index in [0.29, 0.717) is 6.54 Å². The summed E-state index contributed by atoms with van der Waals surface area (Å²) >= 11 is 1.61. The van der Waals surface area contributed by atoms with E-state index in [1.54, 1.807) is 23.7 Å². The quantitative estimate of drug-likeness (QED) is 0.476. The first-order valence-electron chi connectivity index (χ1n) is 11.3. The second-order valence-electron chi connectivity index (χ2n) is 9.04. The molecule has 2 aliphatic carbocycles. The van der Waals surface area contributed by atoms with Crippen LogP contribution in [0.25, 0.3) is 10.2 Å². The Labute approximate surface area is 193 Å². The van der Waals surface area contributed by atoms with Crippen molar-refractivity contribution in [3.63, 3.8) is 0 Å². The van der Waals surface area contributed by atoms with Crippen molar-refractivity contribution in [2.24, 2.45) is 0 Å². The smallest absolute Gasteiger partial charge is 0.262 e. The summed E-state index contributed by atoms with van der Waals surface area (Å²) in [6.07, 6.45) is 5.98. The first-order chi connectivity index (χ1) is 16.1. The molecule has 6 rings (SSSR count). The van der Waals surface area contributed by atoms with E-state index in [1.807, 2.05) is 4.57 Å². The van der Waals surface area contributed by atoms with E-state index in [9.17, 15) is 13.6 Å². The van der Waals surface area contributed by atoms with E-state index in [2.05, 4.69) is 34.6 Å². The molecular weight excluding hydrogens is 440 g/mol. The Bertz CT molecular complexity index is 1400. The van der Waals surface area contributed by atoms with Crippen LogP contribution in [0.3, 0.4) is 0 Å². The van der Waals surface area contributed by atoms with Gasteiger partial charge in [-0.05, 0) is 66.5 Å². The zero-order valence-corrected chi connectivity index (χ0v) is 18.8. The van der Waals surface area contributed by atoms with Gasteiger partial charge in [0.25, 0.3) is 5.56 Å². The number of nitrogens with one attached hydrogen (secondary N) is 1. The number of hydrogen-bond donors (Lipinski definition) is 1. The van der Waals surface area contributed by atoms with Crippen molar-refractivity contribution >= 4 is 21.6 Å². The predicted molar refractivity (Wildman–Crippen MR) is 126 cm³/mol. The molecule has 1 atom stereocenters. The molecule has 2 aliphatic rings. The molecule has 2 aromatic heterocycles. The Kier molecular flexibility index (Phi) is 5.11. The third-order valence-corrected chi connectivity index (χ3v) is 8.16. The topological polar surface area (TPSA) is 46.9 Å². The van der Waals surface area contributed by atoms with Crippen LogP contribution in [0.15, 0.2) is 53.6 Å². The van der Waals surface area contributed by atoms with E-state index < -0.39 is 11.6 Å². The van der Waals surface area contributed by atoms with Crippen LogP contribution in [0.5, 0.6) is 0 Å². The van der Waals surface area contributed by atoms with E-state index >= 15 is 0 Å². The van der Waals surface area contributed by atoms with Crippen molar-refractivity contribution in [3.05, 3.63) is 97.9 Å². The maximum absolute atomic E-state index is 13.5. The molecule has 4 aromatic rings. The number of aromatic nitrogens is 2. The van der Waals surface area contributed by atoms with Crippen LogP contribution in [-0.2, 0) is 32.2 Å². The second-order valence-corrected chi connectivity index (χ2v) is 10.1. The fourth-order valence-corrected chi connectivity index (χ4v) is 6.52. The molecule has 2 aromatic carbocycles. The van der Waals surface area contributed by atoms with Gasteiger partial charge < -0.3 is 5.32 Å². The normalized spacial score (nSPS) is 17.9. The Hall–Kier alpha value is -2.90. The zero-order valence-electron chi connectivity index (χ0n) is 18.0. The van der Waals surface area contributed by atoms with Crippen LogP contribution in [0, 0.1) is 11.6 Å². The summed E-state index contributed by atoms with van der Waals surface area (Å²) in [5.74, 6) is -1.65. The van der Waals surface area contributed by atoms with Gasteiger partial charge in [-0.25, -0.2) is 13.8 Å². The SMILES string of the molecule is O=c1c2c3c(sc2ncn1C1Cc2ccccc2C1)C[C@@H](NCc1ccc(F)c(F)c1)CC3. The molecule has 4 nitrogen and oxygen atoms in total. The Morgan fingerprint density at radius 3 is 2.61 bits per heavy atom. The highest BCUT2D eigenvalue weighted by atomic mass is 32.1. The Morgan fingerprint density at radius 1 is 1.06 bits per heavy atom. The van der Waals surface area contributed by atoms with Gasteiger partial charge in [-0.3, -0.25) is 9.36 Å². The van der Waals surface area contributed by atoms with Crippen molar-refractivity contribution in [1.82, 2.24) is 14.9 Å². The van der Waals surface area contributed by atoms with Gasteiger partial charge in [0.15, 0.2) is 11.6 Å². The average molecular weight is 464 g/mol. The minimum atomic E-state index is -0.828. The Balaban J connectivity index is 1.23. The van der Waals surface area contributed by atoms with Gasteiger partial charge in [-0.2, -0.15) is 0 Å². The van der Waals surface area contributed by atoms with Gasteiger partial charge in [0.1, 0.15) is 4.83 Å². The standard InChI is InChI=1S/C26H23F2N3OS/c27-21-8-5-15(9-22(21)28)13-29-18-6-7-20-23(12-18)33-25-24(20)26(32)31(14-30-25)19-10-16-3-1-2-4-17(16)11-19/h1-5,8-9,14,18-19,29H,6-7,10-13H2/t18-/m0/s1. The predicted octanol–water partition coefficient (Wildman–Crippen LogP) is 4.72. The van der Waals surface area contributed by atoms with Crippen LogP contribution in [0.1, 0.15) is 39.6 Å². The number of hydrogen-bond acceptors (Lipinski definition) is 4. The van der Waals surface area contributed by atoms with Crippen LogP contribution in [0.4, 0.5) is 8.78 Å². The second kappa shape index (κ2) is 8.15. The summed E-state index contributed by atoms with van der Waals surface area (Å²) in [5, 5.41) is 4.25. The molecule has 0 spiro atoms. The van der Waals surface area contributed by atoms with Gasteiger partial charge in [0.05, 0.1) is 11.7 Å². The fraction of sp³-hybridized carbons (Fsp3) is 0.308. The van der Waals surface area contributed by atoms with Gasteiger partial charge in [0.2, 0.25) is 0 Å². The summed E-state index contributed by atoms with van der Waals surface area (Å²) in [5.41, 5.74) is 4.57. The van der Waals surface area contributed by atoms with Crippen LogP contribution in [0.2, 0.25) is 0 Å². The first-order valence-corrected chi connectivity index (χ1v) is 12.1. The molecule has 33 heavy (non-hydrogen) atoms. The van der Waals surface area contributed by atoms with Gasteiger partial charge in [-0.15, -0.1) is 11.3 Å². The number of aryl methyl sites for hydroxylation is 1. The molecule has 2 heterocycles. The maximum Gasteiger partial charge on any atom is 0.262 e. The lowest BCUT2D eigenvalue weighted by Crippen LogP contribution is -2.34. The number of fused-ring (bicyclic) bond motifs is 4. The zero-order chi connectivity index (χ0) is 22.5. The third kappa shape index (κ3) is 3.69. The van der Waals surface area contributed by atoms with Gasteiger partial charge in [-0.1, -0.05) is 30.3 Å². The molecule has 0 amide bonds. The molecule has 0 bridgehead atoms. The lowest BCUT2D eigenvalue weighted by atomic mass is 9.93. The van der Waals surface area contributed by atoms with Gasteiger partial charge >= 0.3 is 0 Å². The number of rotatable bonds is 4. The highest BCUT2D eigenvalue weighted by Gasteiger charge is 2.28. The molecule has 7 heteroatoms. The van der Waals surface area contributed by atoms with Crippen LogP contribution in [-0.4, -0.2) is 15.6 Å². The molecule has 168 valence electrons. The molecule has 0 saturated carbocycles. The largest absolute Gasteiger partial charge is 0.310 e. The number of nitrogens with zero attached hydrogens (tertiary/aromatic N) is 2. The molecule has 0 unspecified atom stereocenters. The lowest BCUT2D eigenvalue weighted by Gasteiger charge is -2.23. The monoisotopic (exact) mass is 463 g/mol. The van der Waals surface area contributed by atoms with Crippen molar-refractivity contribution < 1.29 is 8.78 Å². The van der Waals surface area contributed by atoms with E-state index in [1.165, 1.54) is 22.1 Å². The van der Waals surface area contributed by atoms with Crippen molar-refractivity contribution in [1.29, 1.82) is 0 Å². The van der Waals surface area contributed by atoms with E-state index in [-0.39, 0.29) is 17.6 Å². The number of halogens is 2.